The molecule has 0 aliphatic heterocycles. The summed E-state index contributed by atoms with van der Waals surface area (Å²) >= 11 is 7.80. The van der Waals surface area contributed by atoms with E-state index in [1.165, 1.54) is 0 Å². The monoisotopic (exact) mass is 269 g/mol. The summed E-state index contributed by atoms with van der Waals surface area (Å²) in [5.74, 6) is 1.33. The summed E-state index contributed by atoms with van der Waals surface area (Å²) in [4.78, 5) is 9.01. The number of aryl methyl sites for hydroxylation is 1. The molecule has 0 amide bonds. The van der Waals surface area contributed by atoms with E-state index in [-0.39, 0.29) is 0 Å². The standard InChI is InChI=1S/C12H16ClN3S/c1-8-4-5-14-12-11(8)15-10(6-13)16(12)7-9(2)17-3/h4-5,9H,6-7H2,1-3H3. The summed E-state index contributed by atoms with van der Waals surface area (Å²) in [6.45, 7) is 5.15. The van der Waals surface area contributed by atoms with E-state index in [1.807, 2.05) is 24.0 Å². The fourth-order valence-corrected chi connectivity index (χ4v) is 2.31. The van der Waals surface area contributed by atoms with E-state index in [1.54, 1.807) is 0 Å². The van der Waals surface area contributed by atoms with Crippen molar-refractivity contribution in [3.63, 3.8) is 0 Å². The number of nitrogens with zero attached hydrogens (tertiary/aromatic N) is 3. The maximum atomic E-state index is 5.96. The van der Waals surface area contributed by atoms with Gasteiger partial charge in [-0.05, 0) is 24.8 Å². The Hall–Kier alpha value is -0.740. The van der Waals surface area contributed by atoms with Crippen LogP contribution >= 0.6 is 23.4 Å². The normalized spacial score (nSPS) is 13.2. The maximum absolute atomic E-state index is 5.96. The highest BCUT2D eigenvalue weighted by Gasteiger charge is 2.14. The van der Waals surface area contributed by atoms with Crippen molar-refractivity contribution in [1.29, 1.82) is 0 Å². The fraction of sp³-hybridized carbons (Fsp3) is 0.500. The first kappa shape index (κ1) is 12.7. The number of thioether (sulfide) groups is 1. The van der Waals surface area contributed by atoms with Crippen LogP contribution in [0, 0.1) is 6.92 Å². The number of aromatic nitrogens is 3. The number of halogens is 1. The Morgan fingerprint density at radius 1 is 1.53 bits per heavy atom. The molecule has 0 radical (unpaired) electrons. The minimum atomic E-state index is 0.427. The van der Waals surface area contributed by atoms with Crippen LogP contribution < -0.4 is 0 Å². The number of pyridine rings is 1. The lowest BCUT2D eigenvalue weighted by Crippen LogP contribution is -2.11. The lowest BCUT2D eigenvalue weighted by atomic mass is 10.3. The van der Waals surface area contributed by atoms with Crippen molar-refractivity contribution in [2.75, 3.05) is 6.26 Å². The molecule has 2 rings (SSSR count). The Labute approximate surface area is 111 Å². The van der Waals surface area contributed by atoms with Crippen LogP contribution in [0.5, 0.6) is 0 Å². The minimum Gasteiger partial charge on any atom is -0.311 e. The zero-order valence-corrected chi connectivity index (χ0v) is 11.8. The van der Waals surface area contributed by atoms with Crippen molar-refractivity contribution >= 4 is 34.5 Å². The zero-order chi connectivity index (χ0) is 12.4. The Morgan fingerprint density at radius 3 is 2.94 bits per heavy atom. The zero-order valence-electron chi connectivity index (χ0n) is 10.3. The van der Waals surface area contributed by atoms with Crippen molar-refractivity contribution in [2.45, 2.75) is 31.5 Å². The third-order valence-corrected chi connectivity index (χ3v) is 4.07. The van der Waals surface area contributed by atoms with Crippen molar-refractivity contribution < 1.29 is 0 Å². The van der Waals surface area contributed by atoms with Crippen LogP contribution in [0.2, 0.25) is 0 Å². The van der Waals surface area contributed by atoms with E-state index >= 15 is 0 Å². The molecule has 17 heavy (non-hydrogen) atoms. The fourth-order valence-electron chi connectivity index (χ4n) is 1.81. The van der Waals surface area contributed by atoms with Gasteiger partial charge in [0.05, 0.1) is 5.88 Å². The molecule has 1 atom stereocenters. The Kier molecular flexibility index (Phi) is 3.94. The molecule has 0 aromatic carbocycles. The molecular weight excluding hydrogens is 254 g/mol. The first-order valence-electron chi connectivity index (χ1n) is 5.56. The van der Waals surface area contributed by atoms with Gasteiger partial charge in [0.1, 0.15) is 11.3 Å². The average molecular weight is 270 g/mol. The first-order valence-corrected chi connectivity index (χ1v) is 7.39. The summed E-state index contributed by atoms with van der Waals surface area (Å²) in [7, 11) is 0. The second-order valence-corrected chi connectivity index (χ2v) is 5.66. The van der Waals surface area contributed by atoms with Gasteiger partial charge < -0.3 is 4.57 Å². The highest BCUT2D eigenvalue weighted by molar-refractivity contribution is 7.99. The Bertz CT molecular complexity index is 524. The number of hydrogen-bond acceptors (Lipinski definition) is 3. The number of alkyl halides is 1. The Balaban J connectivity index is 2.55. The minimum absolute atomic E-state index is 0.427. The van der Waals surface area contributed by atoms with Crippen molar-refractivity contribution in [3.8, 4) is 0 Å². The first-order chi connectivity index (χ1) is 8.17. The average Bonchev–Trinajstić information content (AvgIpc) is 2.69. The molecule has 0 aliphatic rings. The van der Waals surface area contributed by atoms with Crippen LogP contribution in [0.3, 0.4) is 0 Å². The van der Waals surface area contributed by atoms with Gasteiger partial charge in [0.2, 0.25) is 0 Å². The molecule has 2 heterocycles. The van der Waals surface area contributed by atoms with Gasteiger partial charge in [-0.15, -0.1) is 11.6 Å². The van der Waals surface area contributed by atoms with E-state index in [2.05, 4.69) is 34.6 Å². The van der Waals surface area contributed by atoms with Gasteiger partial charge in [-0.3, -0.25) is 0 Å². The summed E-state index contributed by atoms with van der Waals surface area (Å²) in [5.41, 5.74) is 3.06. The van der Waals surface area contributed by atoms with Crippen LogP contribution in [-0.4, -0.2) is 26.0 Å². The van der Waals surface area contributed by atoms with Crippen molar-refractivity contribution in [2.24, 2.45) is 0 Å². The second-order valence-electron chi connectivity index (χ2n) is 4.12. The van der Waals surface area contributed by atoms with Crippen LogP contribution in [-0.2, 0) is 12.4 Å². The summed E-state index contributed by atoms with van der Waals surface area (Å²) in [6, 6.07) is 1.98. The molecule has 1 unspecified atom stereocenters. The van der Waals surface area contributed by atoms with Crippen LogP contribution in [0.25, 0.3) is 11.2 Å². The van der Waals surface area contributed by atoms with Gasteiger partial charge in [0, 0.05) is 18.0 Å². The molecule has 0 saturated heterocycles. The van der Waals surface area contributed by atoms with Crippen LogP contribution in [0.1, 0.15) is 18.3 Å². The molecule has 0 spiro atoms. The van der Waals surface area contributed by atoms with Gasteiger partial charge in [-0.2, -0.15) is 11.8 Å². The predicted octanol–water partition coefficient (Wildman–Crippen LogP) is 3.23. The van der Waals surface area contributed by atoms with Gasteiger partial charge in [-0.25, -0.2) is 9.97 Å². The summed E-state index contributed by atoms with van der Waals surface area (Å²) < 4.78 is 2.14. The number of fused-ring (bicyclic) bond motifs is 1. The van der Waals surface area contributed by atoms with Crippen LogP contribution in [0.15, 0.2) is 12.3 Å². The van der Waals surface area contributed by atoms with Gasteiger partial charge in [0.15, 0.2) is 5.65 Å². The van der Waals surface area contributed by atoms with Crippen LogP contribution in [0.4, 0.5) is 0 Å². The molecule has 0 saturated carbocycles. The number of hydrogen-bond donors (Lipinski definition) is 0. The van der Waals surface area contributed by atoms with Gasteiger partial charge >= 0.3 is 0 Å². The highest BCUT2D eigenvalue weighted by Crippen LogP contribution is 2.20. The topological polar surface area (TPSA) is 30.7 Å². The quantitative estimate of drug-likeness (QED) is 0.799. The molecule has 2 aromatic heterocycles. The highest BCUT2D eigenvalue weighted by atomic mass is 35.5. The molecule has 0 N–H and O–H groups in total. The smallest absolute Gasteiger partial charge is 0.160 e. The van der Waals surface area contributed by atoms with E-state index < -0.39 is 0 Å². The summed E-state index contributed by atoms with van der Waals surface area (Å²) in [6.07, 6.45) is 3.94. The lowest BCUT2D eigenvalue weighted by molar-refractivity contribution is 0.679. The van der Waals surface area contributed by atoms with E-state index in [0.717, 1.165) is 29.1 Å². The molecule has 0 fully saturated rings. The summed E-state index contributed by atoms with van der Waals surface area (Å²) in [5, 5.41) is 0.525. The molecule has 0 aliphatic carbocycles. The third-order valence-electron chi connectivity index (χ3n) is 2.88. The van der Waals surface area contributed by atoms with E-state index in [0.29, 0.717) is 11.1 Å². The second kappa shape index (κ2) is 5.27. The van der Waals surface area contributed by atoms with Gasteiger partial charge in [-0.1, -0.05) is 6.92 Å². The van der Waals surface area contributed by atoms with Crippen molar-refractivity contribution in [1.82, 2.24) is 14.5 Å². The number of imidazole rings is 1. The molecule has 5 heteroatoms. The van der Waals surface area contributed by atoms with E-state index in [4.69, 9.17) is 11.6 Å². The lowest BCUT2D eigenvalue weighted by Gasteiger charge is -2.11. The van der Waals surface area contributed by atoms with Crippen molar-refractivity contribution in [3.05, 3.63) is 23.7 Å². The maximum Gasteiger partial charge on any atom is 0.160 e. The molecule has 92 valence electrons. The Morgan fingerprint density at radius 2 is 2.29 bits per heavy atom. The SMILES string of the molecule is CSC(C)Cn1c(CCl)nc2c(C)ccnc21. The molecule has 2 aromatic rings. The molecular formula is C12H16ClN3S. The van der Waals surface area contributed by atoms with Gasteiger partial charge in [0.25, 0.3) is 0 Å². The molecule has 0 bridgehead atoms. The van der Waals surface area contributed by atoms with E-state index in [9.17, 15) is 0 Å². The molecule has 3 nitrogen and oxygen atoms in total. The predicted molar refractivity (Wildman–Crippen MR) is 74.8 cm³/mol. The third kappa shape index (κ3) is 2.43. The largest absolute Gasteiger partial charge is 0.311 e. The number of rotatable bonds is 4.